The van der Waals surface area contributed by atoms with Crippen molar-refractivity contribution in [2.45, 2.75) is 45.4 Å². The Morgan fingerprint density at radius 1 is 1.10 bits per heavy atom. The Hall–Kier alpha value is -1.79. The highest BCUT2D eigenvalue weighted by atomic mass is 35.5. The number of hydrogen-bond acceptors (Lipinski definition) is 4. The van der Waals surface area contributed by atoms with Crippen molar-refractivity contribution in [3.63, 3.8) is 0 Å². The van der Waals surface area contributed by atoms with Gasteiger partial charge < -0.3 is 19.3 Å². The summed E-state index contributed by atoms with van der Waals surface area (Å²) in [5, 5.41) is 0.657. The molecule has 0 aromatic heterocycles. The van der Waals surface area contributed by atoms with E-state index in [9.17, 15) is 9.59 Å². The quantitative estimate of drug-likeness (QED) is 0.622. The van der Waals surface area contributed by atoms with Crippen molar-refractivity contribution in [3.05, 3.63) is 29.3 Å². The first-order valence-electron chi connectivity index (χ1n) is 11.0. The standard InChI is InChI=1S/C23H33ClN2O4/c1-2-3-5-21(27)26-11-4-10-23(17-26,16-22(28)25-12-14-29-15-13-25)18-30-20-8-6-19(24)7-9-20/h6-9H,2-5,10-18H2,1H3/t23-/m1/s1. The molecule has 2 heterocycles. The molecule has 2 fully saturated rings. The molecule has 6 nitrogen and oxygen atoms in total. The van der Waals surface area contributed by atoms with E-state index < -0.39 is 0 Å². The van der Waals surface area contributed by atoms with Crippen molar-refractivity contribution in [1.29, 1.82) is 0 Å². The molecule has 0 saturated carbocycles. The molecule has 2 aliphatic rings. The molecular weight excluding hydrogens is 404 g/mol. The fourth-order valence-electron chi connectivity index (χ4n) is 4.23. The molecule has 0 bridgehead atoms. The third-order valence-electron chi connectivity index (χ3n) is 6.01. The van der Waals surface area contributed by atoms with Crippen molar-refractivity contribution in [1.82, 2.24) is 9.80 Å². The summed E-state index contributed by atoms with van der Waals surface area (Å²) in [6, 6.07) is 7.27. The monoisotopic (exact) mass is 436 g/mol. The van der Waals surface area contributed by atoms with E-state index in [4.69, 9.17) is 21.1 Å². The smallest absolute Gasteiger partial charge is 0.223 e. The maximum Gasteiger partial charge on any atom is 0.223 e. The summed E-state index contributed by atoms with van der Waals surface area (Å²) >= 11 is 5.98. The van der Waals surface area contributed by atoms with E-state index in [2.05, 4.69) is 6.92 Å². The van der Waals surface area contributed by atoms with Crippen LogP contribution in [0.5, 0.6) is 5.75 Å². The van der Waals surface area contributed by atoms with Crippen LogP contribution in [0.15, 0.2) is 24.3 Å². The molecule has 1 atom stereocenters. The van der Waals surface area contributed by atoms with Gasteiger partial charge in [-0.1, -0.05) is 24.9 Å². The molecule has 0 aliphatic carbocycles. The zero-order valence-electron chi connectivity index (χ0n) is 17.9. The van der Waals surface area contributed by atoms with Crippen LogP contribution in [0.2, 0.25) is 5.02 Å². The van der Waals surface area contributed by atoms with Crippen molar-refractivity contribution in [2.75, 3.05) is 46.0 Å². The molecule has 3 rings (SSSR count). The lowest BCUT2D eigenvalue weighted by Gasteiger charge is -2.43. The second-order valence-electron chi connectivity index (χ2n) is 8.43. The van der Waals surface area contributed by atoms with Gasteiger partial charge in [-0.25, -0.2) is 0 Å². The van der Waals surface area contributed by atoms with Gasteiger partial charge in [-0.3, -0.25) is 9.59 Å². The first-order valence-corrected chi connectivity index (χ1v) is 11.4. The fourth-order valence-corrected chi connectivity index (χ4v) is 4.36. The predicted octanol–water partition coefficient (Wildman–Crippen LogP) is 3.77. The maximum absolute atomic E-state index is 13.1. The van der Waals surface area contributed by atoms with Crippen molar-refractivity contribution < 1.29 is 19.1 Å². The van der Waals surface area contributed by atoms with E-state index in [-0.39, 0.29) is 17.2 Å². The third kappa shape index (κ3) is 6.35. The van der Waals surface area contributed by atoms with Crippen LogP contribution in [-0.2, 0) is 14.3 Å². The van der Waals surface area contributed by atoms with Crippen LogP contribution in [0, 0.1) is 5.41 Å². The first-order chi connectivity index (χ1) is 14.5. The van der Waals surface area contributed by atoms with Crippen LogP contribution in [0.1, 0.15) is 45.4 Å². The van der Waals surface area contributed by atoms with E-state index in [0.717, 1.165) is 38.0 Å². The Labute approximate surface area is 184 Å². The van der Waals surface area contributed by atoms with Gasteiger partial charge in [0, 0.05) is 49.5 Å². The number of likely N-dealkylation sites (tertiary alicyclic amines) is 1. The van der Waals surface area contributed by atoms with Gasteiger partial charge in [-0.05, 0) is 43.5 Å². The Bertz CT molecular complexity index is 706. The van der Waals surface area contributed by atoms with Crippen molar-refractivity contribution >= 4 is 23.4 Å². The topological polar surface area (TPSA) is 59.1 Å². The number of benzene rings is 1. The minimum atomic E-state index is -0.380. The zero-order valence-corrected chi connectivity index (χ0v) is 18.7. The Balaban J connectivity index is 1.71. The Morgan fingerprint density at radius 3 is 2.53 bits per heavy atom. The minimum Gasteiger partial charge on any atom is -0.493 e. The van der Waals surface area contributed by atoms with E-state index in [1.165, 1.54) is 0 Å². The summed E-state index contributed by atoms with van der Waals surface area (Å²) in [5.41, 5.74) is -0.380. The highest BCUT2D eigenvalue weighted by Gasteiger charge is 2.40. The number of hydrogen-bond donors (Lipinski definition) is 0. The number of halogens is 1. The van der Waals surface area contributed by atoms with Crippen LogP contribution in [-0.4, -0.2) is 67.6 Å². The number of carbonyl (C=O) groups excluding carboxylic acids is 2. The second-order valence-corrected chi connectivity index (χ2v) is 8.87. The summed E-state index contributed by atoms with van der Waals surface area (Å²) in [7, 11) is 0. The van der Waals surface area contributed by atoms with Gasteiger partial charge >= 0.3 is 0 Å². The summed E-state index contributed by atoms with van der Waals surface area (Å²) < 4.78 is 11.5. The number of carbonyl (C=O) groups is 2. The molecule has 30 heavy (non-hydrogen) atoms. The molecule has 1 aromatic carbocycles. The number of morpholine rings is 1. The number of rotatable bonds is 8. The van der Waals surface area contributed by atoms with Crippen LogP contribution in [0.3, 0.4) is 0 Å². The summed E-state index contributed by atoms with van der Waals surface area (Å²) in [6.45, 7) is 6.26. The third-order valence-corrected chi connectivity index (χ3v) is 6.26. The van der Waals surface area contributed by atoms with E-state index in [0.29, 0.717) is 57.3 Å². The van der Waals surface area contributed by atoms with Gasteiger partial charge in [0.1, 0.15) is 5.75 Å². The van der Waals surface area contributed by atoms with Crippen LogP contribution in [0.25, 0.3) is 0 Å². The van der Waals surface area contributed by atoms with Crippen LogP contribution >= 0.6 is 11.6 Å². The van der Waals surface area contributed by atoms with E-state index in [1.807, 2.05) is 21.9 Å². The Morgan fingerprint density at radius 2 is 1.83 bits per heavy atom. The average molecular weight is 437 g/mol. The molecule has 0 radical (unpaired) electrons. The summed E-state index contributed by atoms with van der Waals surface area (Å²) in [5.74, 6) is 1.04. The number of ether oxygens (including phenoxy) is 2. The van der Waals surface area contributed by atoms with Crippen molar-refractivity contribution in [3.8, 4) is 5.75 Å². The molecule has 0 spiro atoms. The van der Waals surface area contributed by atoms with Gasteiger partial charge in [0.25, 0.3) is 0 Å². The lowest BCUT2D eigenvalue weighted by molar-refractivity contribution is -0.143. The fraction of sp³-hybridized carbons (Fsp3) is 0.652. The molecule has 0 N–H and O–H groups in total. The first kappa shape index (κ1) is 22.9. The van der Waals surface area contributed by atoms with Crippen LogP contribution < -0.4 is 4.74 Å². The maximum atomic E-state index is 13.1. The van der Waals surface area contributed by atoms with E-state index >= 15 is 0 Å². The van der Waals surface area contributed by atoms with Gasteiger partial charge in [-0.15, -0.1) is 0 Å². The molecule has 0 unspecified atom stereocenters. The highest BCUT2D eigenvalue weighted by Crippen LogP contribution is 2.36. The van der Waals surface area contributed by atoms with Gasteiger partial charge in [0.15, 0.2) is 0 Å². The molecule has 1 aromatic rings. The zero-order chi connectivity index (χ0) is 21.4. The predicted molar refractivity (Wildman–Crippen MR) is 117 cm³/mol. The number of nitrogens with zero attached hydrogens (tertiary/aromatic N) is 2. The summed E-state index contributed by atoms with van der Waals surface area (Å²) in [4.78, 5) is 29.6. The lowest BCUT2D eigenvalue weighted by atomic mass is 9.77. The molecule has 2 aliphatic heterocycles. The van der Waals surface area contributed by atoms with Gasteiger partial charge in [-0.2, -0.15) is 0 Å². The SMILES string of the molecule is CCCCC(=O)N1CCC[C@@](COc2ccc(Cl)cc2)(CC(=O)N2CCOCC2)C1. The second kappa shape index (κ2) is 11.0. The Kier molecular flexibility index (Phi) is 8.40. The number of amides is 2. The molecule has 166 valence electrons. The molecular formula is C23H33ClN2O4. The minimum absolute atomic E-state index is 0.126. The van der Waals surface area contributed by atoms with Crippen LogP contribution in [0.4, 0.5) is 0 Å². The number of unbranched alkanes of at least 4 members (excludes halogenated alkanes) is 1. The lowest BCUT2D eigenvalue weighted by Crippen LogP contribution is -2.52. The van der Waals surface area contributed by atoms with Crippen molar-refractivity contribution in [2.24, 2.45) is 5.41 Å². The normalized spacial score (nSPS) is 22.1. The largest absolute Gasteiger partial charge is 0.493 e. The van der Waals surface area contributed by atoms with Gasteiger partial charge in [0.2, 0.25) is 11.8 Å². The molecule has 7 heteroatoms. The molecule has 2 amide bonds. The van der Waals surface area contributed by atoms with Gasteiger partial charge in [0.05, 0.1) is 19.8 Å². The molecule has 2 saturated heterocycles. The highest BCUT2D eigenvalue weighted by molar-refractivity contribution is 6.30. The average Bonchev–Trinajstić information content (AvgIpc) is 2.78. The van der Waals surface area contributed by atoms with E-state index in [1.54, 1.807) is 12.1 Å². The summed E-state index contributed by atoms with van der Waals surface area (Å²) in [6.07, 6.45) is 4.61. The number of piperidine rings is 1.